The predicted octanol–water partition coefficient (Wildman–Crippen LogP) is -1.75. The highest BCUT2D eigenvalue weighted by Gasteiger charge is 2.77. The van der Waals surface area contributed by atoms with Crippen LogP contribution in [0.5, 0.6) is 17.2 Å². The summed E-state index contributed by atoms with van der Waals surface area (Å²) in [4.78, 5) is 12.2. The average Bonchev–Trinajstić information content (AvgIpc) is 2.90. The molecule has 0 aromatic heterocycles. The monoisotopic (exact) mass is 328 g/mol. The van der Waals surface area contributed by atoms with Crippen molar-refractivity contribution in [3.8, 4) is 17.2 Å². The van der Waals surface area contributed by atoms with E-state index >= 15 is 0 Å². The third-order valence-electron chi connectivity index (χ3n) is 4.09. The molecule has 0 unspecified atom stereocenters. The van der Waals surface area contributed by atoms with Crippen LogP contribution in [0.25, 0.3) is 0 Å². The SMILES string of the molecule is COc1cc(OC)c2c(c1)O[C@]1(O)[C@@H]([C@@H](O)CO)OC(=O)[C@]21O. The summed E-state index contributed by atoms with van der Waals surface area (Å²) in [7, 11) is 2.70. The first-order valence-corrected chi connectivity index (χ1v) is 6.73. The molecule has 9 heteroatoms. The summed E-state index contributed by atoms with van der Waals surface area (Å²) >= 11 is 0. The highest BCUT2D eigenvalue weighted by molar-refractivity contribution is 5.89. The lowest BCUT2D eigenvalue weighted by Crippen LogP contribution is -2.59. The second-order valence-corrected chi connectivity index (χ2v) is 5.29. The van der Waals surface area contributed by atoms with E-state index in [1.54, 1.807) is 0 Å². The van der Waals surface area contributed by atoms with E-state index in [9.17, 15) is 20.1 Å². The molecule has 0 spiro atoms. The van der Waals surface area contributed by atoms with Crippen molar-refractivity contribution in [2.24, 2.45) is 0 Å². The zero-order valence-electron chi connectivity index (χ0n) is 12.3. The average molecular weight is 328 g/mol. The number of benzene rings is 1. The molecular weight excluding hydrogens is 312 g/mol. The Morgan fingerprint density at radius 2 is 2.00 bits per heavy atom. The van der Waals surface area contributed by atoms with Crippen LogP contribution < -0.4 is 14.2 Å². The zero-order chi connectivity index (χ0) is 17.0. The predicted molar refractivity (Wildman–Crippen MR) is 72.0 cm³/mol. The number of rotatable bonds is 4. The van der Waals surface area contributed by atoms with E-state index in [0.29, 0.717) is 5.75 Å². The first-order valence-electron chi connectivity index (χ1n) is 6.73. The van der Waals surface area contributed by atoms with Gasteiger partial charge in [0.2, 0.25) is 0 Å². The molecule has 2 aliphatic rings. The molecule has 1 saturated heterocycles. The van der Waals surface area contributed by atoms with Gasteiger partial charge in [0, 0.05) is 12.1 Å². The van der Waals surface area contributed by atoms with Crippen LogP contribution in [0.1, 0.15) is 5.56 Å². The number of aliphatic hydroxyl groups excluding tert-OH is 2. The lowest BCUT2D eigenvalue weighted by molar-refractivity contribution is -0.251. The minimum Gasteiger partial charge on any atom is -0.496 e. The second kappa shape index (κ2) is 4.96. The van der Waals surface area contributed by atoms with E-state index in [4.69, 9.17) is 24.1 Å². The number of ether oxygens (including phenoxy) is 4. The Kier molecular flexibility index (Phi) is 3.41. The summed E-state index contributed by atoms with van der Waals surface area (Å²) in [5.41, 5.74) is -2.75. The van der Waals surface area contributed by atoms with Gasteiger partial charge in [-0.15, -0.1) is 0 Å². The maximum atomic E-state index is 12.2. The molecule has 0 aliphatic carbocycles. The number of fused-ring (bicyclic) bond motifs is 3. The normalized spacial score (nSPS) is 32.6. The number of esters is 1. The molecule has 2 aliphatic heterocycles. The topological polar surface area (TPSA) is 135 Å². The number of hydrogen-bond donors (Lipinski definition) is 4. The molecule has 1 aromatic carbocycles. The lowest BCUT2D eigenvalue weighted by atomic mass is 9.85. The summed E-state index contributed by atoms with van der Waals surface area (Å²) in [6.45, 7) is -0.809. The maximum Gasteiger partial charge on any atom is 0.351 e. The van der Waals surface area contributed by atoms with Crippen molar-refractivity contribution in [1.82, 2.24) is 0 Å². The molecule has 0 bridgehead atoms. The van der Waals surface area contributed by atoms with Gasteiger partial charge in [0.25, 0.3) is 11.4 Å². The fourth-order valence-electron chi connectivity index (χ4n) is 2.93. The Hall–Kier alpha value is -2.07. The molecule has 1 aromatic rings. The smallest absolute Gasteiger partial charge is 0.351 e. The van der Waals surface area contributed by atoms with E-state index in [-0.39, 0.29) is 17.1 Å². The van der Waals surface area contributed by atoms with Gasteiger partial charge in [-0.2, -0.15) is 0 Å². The Labute approximate surface area is 130 Å². The van der Waals surface area contributed by atoms with Crippen LogP contribution in [0.15, 0.2) is 12.1 Å². The molecule has 126 valence electrons. The van der Waals surface area contributed by atoms with Crippen molar-refractivity contribution in [3.63, 3.8) is 0 Å². The van der Waals surface area contributed by atoms with Crippen LogP contribution in [0.4, 0.5) is 0 Å². The number of hydrogen-bond acceptors (Lipinski definition) is 9. The molecule has 9 nitrogen and oxygen atoms in total. The quantitative estimate of drug-likeness (QED) is 0.475. The van der Waals surface area contributed by atoms with Crippen LogP contribution in [0, 0.1) is 0 Å². The van der Waals surface area contributed by atoms with Crippen molar-refractivity contribution < 1.29 is 44.2 Å². The van der Waals surface area contributed by atoms with Gasteiger partial charge in [-0.3, -0.25) is 0 Å². The van der Waals surface area contributed by atoms with E-state index < -0.39 is 36.2 Å². The Morgan fingerprint density at radius 3 is 2.57 bits per heavy atom. The van der Waals surface area contributed by atoms with Crippen LogP contribution >= 0.6 is 0 Å². The Bertz CT molecular complexity index is 660. The molecular formula is C14H16O9. The van der Waals surface area contributed by atoms with E-state index in [0.717, 1.165) is 0 Å². The molecule has 0 amide bonds. The van der Waals surface area contributed by atoms with Crippen molar-refractivity contribution in [2.75, 3.05) is 20.8 Å². The van der Waals surface area contributed by atoms with E-state index in [1.165, 1.54) is 26.4 Å². The third kappa shape index (κ3) is 1.78. The second-order valence-electron chi connectivity index (χ2n) is 5.29. The van der Waals surface area contributed by atoms with Gasteiger partial charge < -0.3 is 39.4 Å². The van der Waals surface area contributed by atoms with Crippen LogP contribution in [0.2, 0.25) is 0 Å². The van der Waals surface area contributed by atoms with Gasteiger partial charge in [0.1, 0.15) is 23.4 Å². The van der Waals surface area contributed by atoms with Gasteiger partial charge >= 0.3 is 5.97 Å². The fourth-order valence-corrected chi connectivity index (χ4v) is 2.93. The summed E-state index contributed by atoms with van der Waals surface area (Å²) in [6.07, 6.45) is -3.34. The highest BCUT2D eigenvalue weighted by Crippen LogP contribution is 2.57. The zero-order valence-corrected chi connectivity index (χ0v) is 12.3. The largest absolute Gasteiger partial charge is 0.496 e. The maximum absolute atomic E-state index is 12.2. The number of cyclic esters (lactones) is 1. The summed E-state index contributed by atoms with van der Waals surface area (Å²) in [5, 5.41) is 40.4. The molecule has 3 rings (SSSR count). The first kappa shape index (κ1) is 15.8. The van der Waals surface area contributed by atoms with Crippen molar-refractivity contribution in [1.29, 1.82) is 0 Å². The molecule has 2 heterocycles. The highest BCUT2D eigenvalue weighted by atomic mass is 16.7. The molecule has 0 saturated carbocycles. The minimum absolute atomic E-state index is 0.0360. The molecule has 1 fully saturated rings. The Balaban J connectivity index is 2.21. The van der Waals surface area contributed by atoms with Gasteiger partial charge in [-0.25, -0.2) is 4.79 Å². The molecule has 4 N–H and O–H groups in total. The fraction of sp³-hybridized carbons (Fsp3) is 0.500. The van der Waals surface area contributed by atoms with Crippen LogP contribution in [-0.4, -0.2) is 65.2 Å². The van der Waals surface area contributed by atoms with Gasteiger partial charge in [-0.1, -0.05) is 0 Å². The number of methoxy groups -OCH3 is 2. The number of aliphatic hydroxyl groups is 4. The number of carbonyl (C=O) groups is 1. The van der Waals surface area contributed by atoms with Gasteiger partial charge in [0.15, 0.2) is 6.10 Å². The standard InChI is InChI=1S/C14H16O9/c1-20-6-3-8(21-2)10-9(4-6)23-14(19)11(7(16)5-15)22-12(17)13(10,14)18/h3-4,7,11,15-16,18-19H,5H2,1-2H3/t7-,11+,13+,14+/m0/s1. The summed E-state index contributed by atoms with van der Waals surface area (Å²) in [6, 6.07) is 2.75. The van der Waals surface area contributed by atoms with Gasteiger partial charge in [0.05, 0.1) is 26.4 Å². The minimum atomic E-state index is -2.62. The van der Waals surface area contributed by atoms with Crippen molar-refractivity contribution >= 4 is 5.97 Å². The van der Waals surface area contributed by atoms with E-state index in [1.807, 2.05) is 0 Å². The summed E-state index contributed by atoms with van der Waals surface area (Å²) < 4.78 is 20.4. The Morgan fingerprint density at radius 1 is 1.30 bits per heavy atom. The van der Waals surface area contributed by atoms with Gasteiger partial charge in [-0.05, 0) is 0 Å². The molecule has 4 atom stereocenters. The molecule has 23 heavy (non-hydrogen) atoms. The van der Waals surface area contributed by atoms with E-state index in [2.05, 4.69) is 0 Å². The lowest BCUT2D eigenvalue weighted by Gasteiger charge is -2.30. The first-order chi connectivity index (χ1) is 10.8. The van der Waals surface area contributed by atoms with Crippen molar-refractivity contribution in [3.05, 3.63) is 17.7 Å². The summed E-state index contributed by atoms with van der Waals surface area (Å²) in [5.74, 6) is -3.55. The van der Waals surface area contributed by atoms with Crippen LogP contribution in [-0.2, 0) is 15.1 Å². The molecule has 0 radical (unpaired) electrons. The third-order valence-corrected chi connectivity index (χ3v) is 4.09. The van der Waals surface area contributed by atoms with Crippen molar-refractivity contribution in [2.45, 2.75) is 23.6 Å². The number of carbonyl (C=O) groups excluding carboxylic acids is 1. The van der Waals surface area contributed by atoms with Crippen LogP contribution in [0.3, 0.4) is 0 Å².